The normalized spacial score (nSPS) is 12.1. The Morgan fingerprint density at radius 2 is 1.48 bits per heavy atom. The Labute approximate surface area is 152 Å². The van der Waals surface area contributed by atoms with Gasteiger partial charge >= 0.3 is 6.16 Å². The van der Waals surface area contributed by atoms with Gasteiger partial charge in [0, 0.05) is 5.33 Å². The van der Waals surface area contributed by atoms with Crippen molar-refractivity contribution in [1.82, 2.24) is 0 Å². The number of carbonyl (C=O) groups excluding carboxylic acids is 1. The molecule has 0 aliphatic heterocycles. The lowest BCUT2D eigenvalue weighted by atomic mass is 9.96. The minimum atomic E-state index is -0.486. The van der Waals surface area contributed by atoms with E-state index < -0.39 is 6.16 Å². The molecule has 0 saturated heterocycles. The zero-order valence-electron chi connectivity index (χ0n) is 15.3. The van der Waals surface area contributed by atoms with Gasteiger partial charge in [-0.3, -0.25) is 0 Å². The van der Waals surface area contributed by atoms with Crippen LogP contribution in [0.3, 0.4) is 0 Å². The predicted octanol–water partition coefficient (Wildman–Crippen LogP) is 6.87. The van der Waals surface area contributed by atoms with Crippen molar-refractivity contribution in [3.05, 3.63) is 0 Å². The summed E-state index contributed by atoms with van der Waals surface area (Å²) in [6.07, 6.45) is 13.7. The number of rotatable bonds is 16. The predicted molar refractivity (Wildman–Crippen MR) is 101 cm³/mol. The Bertz CT molecular complexity index is 259. The minimum absolute atomic E-state index is 0.483. The Kier molecular flexibility index (Phi) is 17.9. The highest BCUT2D eigenvalue weighted by Gasteiger charge is 2.12. The maximum Gasteiger partial charge on any atom is 0.508 e. The molecule has 1 atom stereocenters. The van der Waals surface area contributed by atoms with Crippen LogP contribution in [0.4, 0.5) is 4.79 Å². The highest BCUT2D eigenvalue weighted by molar-refractivity contribution is 9.09. The van der Waals surface area contributed by atoms with E-state index in [2.05, 4.69) is 29.8 Å². The Hall–Kier alpha value is -0.250. The minimum Gasteiger partial charge on any atom is -0.434 e. The zero-order chi connectivity index (χ0) is 17.2. The molecule has 0 radical (unpaired) electrons. The topological polar surface area (TPSA) is 35.5 Å². The van der Waals surface area contributed by atoms with E-state index in [0.29, 0.717) is 19.1 Å². The first-order valence-electron chi connectivity index (χ1n) is 9.60. The van der Waals surface area contributed by atoms with Crippen molar-refractivity contribution in [3.63, 3.8) is 0 Å². The molecule has 0 aliphatic carbocycles. The number of hydrogen-bond acceptors (Lipinski definition) is 3. The van der Waals surface area contributed by atoms with E-state index in [1.165, 1.54) is 57.8 Å². The van der Waals surface area contributed by atoms with E-state index in [9.17, 15) is 4.79 Å². The van der Waals surface area contributed by atoms with Crippen LogP contribution in [0, 0.1) is 5.92 Å². The first-order valence-corrected chi connectivity index (χ1v) is 10.7. The molecule has 3 nitrogen and oxygen atoms in total. The van der Waals surface area contributed by atoms with E-state index in [0.717, 1.165) is 24.6 Å². The summed E-state index contributed by atoms with van der Waals surface area (Å²) in [5.41, 5.74) is 0. The molecule has 0 rings (SSSR count). The van der Waals surface area contributed by atoms with Crippen LogP contribution in [0.2, 0.25) is 0 Å². The van der Waals surface area contributed by atoms with Crippen LogP contribution in [0.15, 0.2) is 0 Å². The smallest absolute Gasteiger partial charge is 0.434 e. The second-order valence-corrected chi connectivity index (χ2v) is 7.16. The van der Waals surface area contributed by atoms with Crippen molar-refractivity contribution >= 4 is 22.1 Å². The molecule has 0 aromatic heterocycles. The van der Waals surface area contributed by atoms with Crippen LogP contribution in [-0.2, 0) is 9.47 Å². The molecule has 0 bridgehead atoms. The third-order valence-electron chi connectivity index (χ3n) is 4.12. The van der Waals surface area contributed by atoms with Gasteiger partial charge in [0.05, 0.1) is 13.2 Å². The lowest BCUT2D eigenvalue weighted by Gasteiger charge is -2.16. The number of carbonyl (C=O) groups is 1. The van der Waals surface area contributed by atoms with Crippen LogP contribution in [0.25, 0.3) is 0 Å². The average Bonchev–Trinajstić information content (AvgIpc) is 2.56. The fraction of sp³-hybridized carbons (Fsp3) is 0.947. The molecule has 0 N–H and O–H groups in total. The van der Waals surface area contributed by atoms with Gasteiger partial charge in [-0.25, -0.2) is 4.79 Å². The summed E-state index contributed by atoms with van der Waals surface area (Å²) in [5, 5.41) is 1.05. The summed E-state index contributed by atoms with van der Waals surface area (Å²) in [4.78, 5) is 11.6. The van der Waals surface area contributed by atoms with Gasteiger partial charge in [-0.2, -0.15) is 0 Å². The molecule has 0 aromatic rings. The molecular formula is C19H37BrO3. The van der Waals surface area contributed by atoms with Crippen LogP contribution in [0.5, 0.6) is 0 Å². The summed E-state index contributed by atoms with van der Waals surface area (Å²) in [7, 11) is 0. The first kappa shape index (κ1) is 22.8. The van der Waals surface area contributed by atoms with Crippen molar-refractivity contribution in [1.29, 1.82) is 0 Å². The number of alkyl halides is 1. The van der Waals surface area contributed by atoms with Crippen molar-refractivity contribution in [3.8, 4) is 0 Å². The van der Waals surface area contributed by atoms with Crippen LogP contribution in [0.1, 0.15) is 90.9 Å². The highest BCUT2D eigenvalue weighted by Crippen LogP contribution is 2.18. The molecule has 0 fully saturated rings. The molecule has 0 heterocycles. The quantitative estimate of drug-likeness (QED) is 0.163. The number of hydrogen-bond donors (Lipinski definition) is 0. The van der Waals surface area contributed by atoms with Gasteiger partial charge in [0.2, 0.25) is 0 Å². The second kappa shape index (κ2) is 18.1. The second-order valence-electron chi connectivity index (χ2n) is 6.37. The fourth-order valence-corrected chi connectivity index (χ4v) is 2.99. The molecule has 138 valence electrons. The van der Waals surface area contributed by atoms with Crippen molar-refractivity contribution in [2.45, 2.75) is 90.9 Å². The maximum atomic E-state index is 11.6. The number of ether oxygens (including phenoxy) is 2. The van der Waals surface area contributed by atoms with Crippen molar-refractivity contribution in [2.24, 2.45) is 5.92 Å². The van der Waals surface area contributed by atoms with E-state index in [-0.39, 0.29) is 0 Å². The van der Waals surface area contributed by atoms with Gasteiger partial charge in [0.1, 0.15) is 0 Å². The van der Waals surface area contributed by atoms with Gasteiger partial charge in [0.15, 0.2) is 0 Å². The van der Waals surface area contributed by atoms with E-state index in [1.54, 1.807) is 0 Å². The molecular weight excluding hydrogens is 356 g/mol. The van der Waals surface area contributed by atoms with Crippen LogP contribution >= 0.6 is 15.9 Å². The molecule has 0 amide bonds. The molecule has 23 heavy (non-hydrogen) atoms. The average molecular weight is 393 g/mol. The van der Waals surface area contributed by atoms with Gasteiger partial charge in [0.25, 0.3) is 0 Å². The van der Waals surface area contributed by atoms with Crippen LogP contribution in [-0.4, -0.2) is 24.7 Å². The standard InChI is InChI=1S/C19H37BrO3/c1-3-5-7-10-14-18(13-6-4-2)17-23-19(21)22-16-12-9-8-11-15-20/h18H,3-17H2,1-2H3. The summed E-state index contributed by atoms with van der Waals surface area (Å²) < 4.78 is 10.5. The third-order valence-corrected chi connectivity index (χ3v) is 4.68. The Balaban J connectivity index is 3.73. The van der Waals surface area contributed by atoms with Crippen LogP contribution < -0.4 is 0 Å². The zero-order valence-corrected chi connectivity index (χ0v) is 16.9. The molecule has 1 unspecified atom stereocenters. The van der Waals surface area contributed by atoms with Crippen molar-refractivity contribution in [2.75, 3.05) is 18.5 Å². The first-order chi connectivity index (χ1) is 11.2. The lowest BCUT2D eigenvalue weighted by molar-refractivity contribution is 0.0407. The number of unbranched alkanes of at least 4 members (excludes halogenated alkanes) is 7. The van der Waals surface area contributed by atoms with Gasteiger partial charge in [-0.1, -0.05) is 81.1 Å². The Morgan fingerprint density at radius 3 is 2.17 bits per heavy atom. The van der Waals surface area contributed by atoms with Gasteiger partial charge in [-0.05, 0) is 31.6 Å². The van der Waals surface area contributed by atoms with E-state index in [4.69, 9.17) is 9.47 Å². The summed E-state index contributed by atoms with van der Waals surface area (Å²) in [6, 6.07) is 0. The monoisotopic (exact) mass is 392 g/mol. The van der Waals surface area contributed by atoms with E-state index >= 15 is 0 Å². The highest BCUT2D eigenvalue weighted by atomic mass is 79.9. The summed E-state index contributed by atoms with van der Waals surface area (Å²) >= 11 is 3.41. The van der Waals surface area contributed by atoms with E-state index in [1.807, 2.05) is 0 Å². The summed E-state index contributed by atoms with van der Waals surface area (Å²) in [5.74, 6) is 0.498. The van der Waals surface area contributed by atoms with Crippen molar-refractivity contribution < 1.29 is 14.3 Å². The molecule has 0 saturated carbocycles. The summed E-state index contributed by atoms with van der Waals surface area (Å²) in [6.45, 7) is 5.44. The largest absolute Gasteiger partial charge is 0.508 e. The van der Waals surface area contributed by atoms with Gasteiger partial charge in [-0.15, -0.1) is 0 Å². The third kappa shape index (κ3) is 16.4. The number of halogens is 1. The molecule has 0 spiro atoms. The molecule has 4 heteroatoms. The molecule has 0 aliphatic rings. The SMILES string of the molecule is CCCCCCC(CCCC)COC(=O)OCCCCCCBr. The lowest BCUT2D eigenvalue weighted by Crippen LogP contribution is -2.16. The maximum absolute atomic E-state index is 11.6. The fourth-order valence-electron chi connectivity index (χ4n) is 2.60. The van der Waals surface area contributed by atoms with Gasteiger partial charge < -0.3 is 9.47 Å². The molecule has 0 aromatic carbocycles. The Morgan fingerprint density at radius 1 is 0.826 bits per heavy atom.